The van der Waals surface area contributed by atoms with Gasteiger partial charge in [-0.05, 0) is 41.5 Å². The Morgan fingerprint density at radius 1 is 0.909 bits per heavy atom. The molecule has 0 aliphatic carbocycles. The average Bonchev–Trinajstić information content (AvgIpc) is 3.57. The lowest BCUT2D eigenvalue weighted by Crippen LogP contribution is -2.52. The molecule has 10 nitrogen and oxygen atoms in total. The maximum atomic E-state index is 14.7. The highest BCUT2D eigenvalue weighted by atomic mass is 32.1. The van der Waals surface area contributed by atoms with Gasteiger partial charge in [0.15, 0.2) is 6.33 Å². The summed E-state index contributed by atoms with van der Waals surface area (Å²) >= 11 is 4.22. The number of anilines is 2. The Balaban J connectivity index is 1.56. The summed E-state index contributed by atoms with van der Waals surface area (Å²) in [5, 5.41) is 12.2. The highest BCUT2D eigenvalue weighted by molar-refractivity contribution is 7.80. The summed E-state index contributed by atoms with van der Waals surface area (Å²) in [5.74, 6) is -0.693. The van der Waals surface area contributed by atoms with Gasteiger partial charge in [-0.2, -0.15) is 12.6 Å². The minimum atomic E-state index is -1.19. The number of carbonyl (C=O) groups is 2. The molecule has 6 rings (SSSR count). The van der Waals surface area contributed by atoms with E-state index in [0.717, 1.165) is 33.5 Å². The monoisotopic (exact) mass is 602 g/mol. The number of nitrogens with zero attached hydrogens (tertiary/aromatic N) is 7. The molecule has 0 saturated heterocycles. The van der Waals surface area contributed by atoms with Crippen LogP contribution in [0.2, 0.25) is 0 Å². The molecule has 220 valence electrons. The van der Waals surface area contributed by atoms with Gasteiger partial charge in [0.25, 0.3) is 5.91 Å². The first-order valence-corrected chi connectivity index (χ1v) is 14.7. The summed E-state index contributed by atoms with van der Waals surface area (Å²) < 4.78 is 0. The van der Waals surface area contributed by atoms with Gasteiger partial charge in [-0.15, -0.1) is 15.0 Å². The number of benzodiazepines with no additional fused rings is 1. The van der Waals surface area contributed by atoms with Crippen molar-refractivity contribution in [2.45, 2.75) is 19.1 Å². The fourth-order valence-electron chi connectivity index (χ4n) is 5.32. The molecule has 1 aromatic heterocycles. The van der Waals surface area contributed by atoms with Crippen LogP contribution in [-0.4, -0.2) is 67.6 Å². The SMILES string of the molecule is Cc1ccc(-c2ccccc2-n2ncnn2)cc1N1C(=O)C(N(C)C(=O)C(N)CS)N=C(c2ccccc2)c2ccccc21. The summed E-state index contributed by atoms with van der Waals surface area (Å²) in [6.45, 7) is 1.95. The number of para-hydroxylation sites is 2. The lowest BCUT2D eigenvalue weighted by Gasteiger charge is -2.31. The molecule has 44 heavy (non-hydrogen) atoms. The maximum Gasteiger partial charge on any atom is 0.277 e. The van der Waals surface area contributed by atoms with Crippen molar-refractivity contribution in [3.8, 4) is 16.8 Å². The molecule has 2 heterocycles. The summed E-state index contributed by atoms with van der Waals surface area (Å²) in [7, 11) is 1.55. The van der Waals surface area contributed by atoms with E-state index in [2.05, 4.69) is 28.0 Å². The van der Waals surface area contributed by atoms with E-state index >= 15 is 0 Å². The van der Waals surface area contributed by atoms with Crippen molar-refractivity contribution in [1.29, 1.82) is 0 Å². The molecule has 5 aromatic rings. The Hall–Kier alpha value is -5.13. The zero-order chi connectivity index (χ0) is 30.8. The minimum absolute atomic E-state index is 0.129. The lowest BCUT2D eigenvalue weighted by atomic mass is 9.98. The third-order valence-electron chi connectivity index (χ3n) is 7.60. The molecule has 1 aliphatic rings. The van der Waals surface area contributed by atoms with Gasteiger partial charge in [0.1, 0.15) is 0 Å². The Bertz CT molecular complexity index is 1860. The molecule has 0 saturated carbocycles. The van der Waals surface area contributed by atoms with Crippen LogP contribution in [0.4, 0.5) is 11.4 Å². The van der Waals surface area contributed by atoms with Crippen molar-refractivity contribution >= 4 is 41.5 Å². The van der Waals surface area contributed by atoms with Gasteiger partial charge in [-0.3, -0.25) is 14.5 Å². The zero-order valence-electron chi connectivity index (χ0n) is 24.1. The molecule has 0 radical (unpaired) electrons. The minimum Gasteiger partial charge on any atom is -0.319 e. The first kappa shape index (κ1) is 29.0. The van der Waals surface area contributed by atoms with Gasteiger partial charge >= 0.3 is 0 Å². The van der Waals surface area contributed by atoms with E-state index < -0.39 is 24.0 Å². The molecule has 0 bridgehead atoms. The van der Waals surface area contributed by atoms with E-state index in [1.807, 2.05) is 104 Å². The van der Waals surface area contributed by atoms with E-state index in [-0.39, 0.29) is 5.75 Å². The molecule has 11 heteroatoms. The van der Waals surface area contributed by atoms with Crippen LogP contribution in [0.15, 0.2) is 108 Å². The summed E-state index contributed by atoms with van der Waals surface area (Å²) in [4.78, 5) is 37.5. The number of aromatic nitrogens is 4. The van der Waals surface area contributed by atoms with Crippen LogP contribution < -0.4 is 10.6 Å². The van der Waals surface area contributed by atoms with E-state index in [9.17, 15) is 9.59 Å². The molecule has 2 N–H and O–H groups in total. The van der Waals surface area contributed by atoms with Crippen LogP contribution in [0.5, 0.6) is 0 Å². The van der Waals surface area contributed by atoms with Crippen molar-refractivity contribution in [3.05, 3.63) is 120 Å². The summed E-state index contributed by atoms with van der Waals surface area (Å²) in [5.41, 5.74) is 12.8. The number of hydrogen-bond acceptors (Lipinski definition) is 8. The Kier molecular flexibility index (Phi) is 8.05. The molecule has 1 aliphatic heterocycles. The first-order chi connectivity index (χ1) is 21.4. The van der Waals surface area contributed by atoms with Crippen LogP contribution in [0.25, 0.3) is 16.8 Å². The second kappa shape index (κ2) is 12.2. The highest BCUT2D eigenvalue weighted by Gasteiger charge is 2.38. The number of hydrogen-bond donors (Lipinski definition) is 2. The van der Waals surface area contributed by atoms with Gasteiger partial charge in [0, 0.05) is 29.5 Å². The predicted octanol–water partition coefficient (Wildman–Crippen LogP) is 4.20. The topological polar surface area (TPSA) is 123 Å². The third-order valence-corrected chi connectivity index (χ3v) is 7.99. The number of likely N-dealkylation sites (N-methyl/N-ethyl adjacent to an activating group) is 1. The Morgan fingerprint density at radius 3 is 2.30 bits per heavy atom. The number of aryl methyl sites for hydroxylation is 1. The van der Waals surface area contributed by atoms with Crippen LogP contribution in [0.1, 0.15) is 16.7 Å². The van der Waals surface area contributed by atoms with Gasteiger partial charge in [0.05, 0.1) is 28.8 Å². The number of tetrazole rings is 1. The Labute approximate surface area is 260 Å². The fourth-order valence-corrected chi connectivity index (χ4v) is 5.48. The van der Waals surface area contributed by atoms with Crippen molar-refractivity contribution in [2.24, 2.45) is 10.7 Å². The van der Waals surface area contributed by atoms with Crippen LogP contribution in [-0.2, 0) is 9.59 Å². The van der Waals surface area contributed by atoms with Crippen molar-refractivity contribution < 1.29 is 9.59 Å². The Morgan fingerprint density at radius 2 is 1.59 bits per heavy atom. The third kappa shape index (κ3) is 5.27. The van der Waals surface area contributed by atoms with E-state index in [0.29, 0.717) is 17.1 Å². The molecule has 0 spiro atoms. The molecular weight excluding hydrogens is 572 g/mol. The van der Waals surface area contributed by atoms with E-state index in [4.69, 9.17) is 10.7 Å². The van der Waals surface area contributed by atoms with Crippen LogP contribution in [0.3, 0.4) is 0 Å². The quantitative estimate of drug-likeness (QED) is 0.270. The predicted molar refractivity (Wildman–Crippen MR) is 173 cm³/mol. The lowest BCUT2D eigenvalue weighted by molar-refractivity contribution is -0.137. The maximum absolute atomic E-state index is 14.7. The van der Waals surface area contributed by atoms with E-state index in [1.54, 1.807) is 11.9 Å². The number of benzene rings is 4. The first-order valence-electron chi connectivity index (χ1n) is 14.0. The number of fused-ring (bicyclic) bond motifs is 1. The number of nitrogens with two attached hydrogens (primary N) is 1. The van der Waals surface area contributed by atoms with Gasteiger partial charge in [0.2, 0.25) is 12.1 Å². The molecule has 0 fully saturated rings. The second-order valence-electron chi connectivity index (χ2n) is 10.4. The normalized spacial score (nSPS) is 15.3. The molecular formula is C33H30N8O2S. The molecule has 2 amide bonds. The summed E-state index contributed by atoms with van der Waals surface area (Å²) in [6, 6.07) is 30.0. The highest BCUT2D eigenvalue weighted by Crippen LogP contribution is 2.39. The number of aliphatic imine (C=N–C) groups is 1. The zero-order valence-corrected chi connectivity index (χ0v) is 25.0. The van der Waals surface area contributed by atoms with Gasteiger partial charge in [-0.25, -0.2) is 4.99 Å². The molecule has 2 atom stereocenters. The molecule has 2 unspecified atom stereocenters. The second-order valence-corrected chi connectivity index (χ2v) is 10.8. The van der Waals surface area contributed by atoms with Gasteiger partial charge < -0.3 is 10.6 Å². The molecule has 4 aromatic carbocycles. The van der Waals surface area contributed by atoms with Crippen molar-refractivity contribution in [3.63, 3.8) is 0 Å². The smallest absolute Gasteiger partial charge is 0.277 e. The standard InChI is InChI=1S/C33H30N8O2S/c1-21-16-17-23(24-12-6-9-15-28(24)41-36-20-35-38-41)18-29(21)40-27-14-8-7-13-25(27)30(22-10-4-3-5-11-22)37-31(33(40)43)39(2)32(42)26(34)19-44/h3-18,20,26,31,44H,19,34H2,1-2H3. The van der Waals surface area contributed by atoms with Gasteiger partial charge in [-0.1, -0.05) is 78.9 Å². The van der Waals surface area contributed by atoms with E-state index in [1.165, 1.54) is 16.0 Å². The van der Waals surface area contributed by atoms with Crippen molar-refractivity contribution in [2.75, 3.05) is 17.7 Å². The van der Waals surface area contributed by atoms with Crippen LogP contribution >= 0.6 is 12.6 Å². The summed E-state index contributed by atoms with van der Waals surface area (Å²) in [6.07, 6.45) is 0.192. The fraction of sp³-hybridized carbons (Fsp3) is 0.152. The number of carbonyl (C=O) groups excluding carboxylic acids is 2. The van der Waals surface area contributed by atoms with Crippen molar-refractivity contribution in [1.82, 2.24) is 25.1 Å². The number of amides is 2. The average molecular weight is 603 g/mol. The number of rotatable bonds is 7. The largest absolute Gasteiger partial charge is 0.319 e. The van der Waals surface area contributed by atoms with Crippen LogP contribution in [0, 0.1) is 6.92 Å². The number of thiol groups is 1.